The first-order valence-corrected chi connectivity index (χ1v) is 7.19. The number of hydrogen-bond donors (Lipinski definition) is 0. The van der Waals surface area contributed by atoms with E-state index in [1.165, 1.54) is 0 Å². The Hall–Kier alpha value is 0.0700. The van der Waals surface area contributed by atoms with E-state index >= 15 is 0 Å². The van der Waals surface area contributed by atoms with Crippen LogP contribution in [0.15, 0.2) is 20.8 Å². The van der Waals surface area contributed by atoms with E-state index in [0.29, 0.717) is 5.16 Å². The summed E-state index contributed by atoms with van der Waals surface area (Å²) in [5.41, 5.74) is 0.738. The Morgan fingerprint density at radius 1 is 1.60 bits per heavy atom. The third-order valence-corrected chi connectivity index (χ3v) is 4.97. The SMILES string of the molecule is C=N/C(=C(Cl)\N=C/C)C(C)(SC)SCC. The minimum Gasteiger partial charge on any atom is -0.263 e. The van der Waals surface area contributed by atoms with Crippen molar-refractivity contribution in [2.75, 3.05) is 12.0 Å². The molecule has 0 aromatic rings. The second kappa shape index (κ2) is 7.36. The van der Waals surface area contributed by atoms with Gasteiger partial charge in [-0.25, -0.2) is 4.99 Å². The second-order valence-electron chi connectivity index (χ2n) is 2.77. The van der Waals surface area contributed by atoms with Crippen molar-refractivity contribution in [1.82, 2.24) is 0 Å². The van der Waals surface area contributed by atoms with Gasteiger partial charge < -0.3 is 0 Å². The summed E-state index contributed by atoms with van der Waals surface area (Å²) in [5, 5.41) is 0.422. The van der Waals surface area contributed by atoms with Crippen LogP contribution in [0.4, 0.5) is 0 Å². The maximum absolute atomic E-state index is 6.07. The lowest BCUT2D eigenvalue weighted by atomic mass is 10.3. The molecule has 0 fully saturated rings. The van der Waals surface area contributed by atoms with Crippen molar-refractivity contribution in [2.45, 2.75) is 24.9 Å². The third kappa shape index (κ3) is 4.21. The number of nitrogens with zero attached hydrogens (tertiary/aromatic N) is 2. The van der Waals surface area contributed by atoms with E-state index in [9.17, 15) is 0 Å². The van der Waals surface area contributed by atoms with E-state index in [4.69, 9.17) is 11.6 Å². The minimum absolute atomic E-state index is 0.180. The summed E-state index contributed by atoms with van der Waals surface area (Å²) >= 11 is 9.54. The van der Waals surface area contributed by atoms with Gasteiger partial charge in [-0.1, -0.05) is 18.5 Å². The van der Waals surface area contributed by atoms with E-state index in [1.807, 2.05) is 13.2 Å². The van der Waals surface area contributed by atoms with Crippen molar-refractivity contribution in [3.05, 3.63) is 10.9 Å². The average Bonchev–Trinajstić information content (AvgIpc) is 2.19. The highest BCUT2D eigenvalue weighted by molar-refractivity contribution is 8.18. The van der Waals surface area contributed by atoms with Gasteiger partial charge in [-0.3, -0.25) is 4.99 Å². The second-order valence-corrected chi connectivity index (χ2v) is 6.29. The van der Waals surface area contributed by atoms with Gasteiger partial charge in [0, 0.05) is 6.21 Å². The maximum Gasteiger partial charge on any atom is 0.152 e. The van der Waals surface area contributed by atoms with Crippen LogP contribution in [0, 0.1) is 0 Å². The molecule has 2 nitrogen and oxygen atoms in total. The summed E-state index contributed by atoms with van der Waals surface area (Å²) in [5.74, 6) is 0.996. The lowest BCUT2D eigenvalue weighted by Crippen LogP contribution is -2.18. The number of hydrogen-bond acceptors (Lipinski definition) is 4. The fraction of sp³-hybridized carbons (Fsp3) is 0.600. The van der Waals surface area contributed by atoms with Crippen molar-refractivity contribution in [3.8, 4) is 0 Å². The number of thioether (sulfide) groups is 2. The van der Waals surface area contributed by atoms with Crippen LogP contribution in [0.2, 0.25) is 0 Å². The van der Waals surface area contributed by atoms with Gasteiger partial charge in [-0.15, -0.1) is 23.5 Å². The Morgan fingerprint density at radius 3 is 2.53 bits per heavy atom. The maximum atomic E-state index is 6.07. The normalized spacial score (nSPS) is 17.4. The van der Waals surface area contributed by atoms with Crippen molar-refractivity contribution in [3.63, 3.8) is 0 Å². The molecule has 0 rings (SSSR count). The summed E-state index contributed by atoms with van der Waals surface area (Å²) in [6, 6.07) is 0. The van der Waals surface area contributed by atoms with Gasteiger partial charge >= 0.3 is 0 Å². The summed E-state index contributed by atoms with van der Waals surface area (Å²) in [6.07, 6.45) is 3.69. The molecule has 0 amide bonds. The molecule has 0 saturated heterocycles. The molecule has 0 spiro atoms. The van der Waals surface area contributed by atoms with Crippen LogP contribution in [-0.2, 0) is 0 Å². The van der Waals surface area contributed by atoms with Gasteiger partial charge in [-0.05, 0) is 32.6 Å². The Bertz CT molecular complexity index is 277. The van der Waals surface area contributed by atoms with E-state index in [-0.39, 0.29) is 4.08 Å². The predicted octanol–water partition coefficient (Wildman–Crippen LogP) is 4.02. The first-order chi connectivity index (χ1) is 7.05. The molecule has 0 bridgehead atoms. The minimum atomic E-state index is -0.180. The van der Waals surface area contributed by atoms with Gasteiger partial charge in [0.1, 0.15) is 9.78 Å². The summed E-state index contributed by atoms with van der Waals surface area (Å²) < 4.78 is -0.180. The molecule has 15 heavy (non-hydrogen) atoms. The molecule has 1 atom stereocenters. The fourth-order valence-electron chi connectivity index (χ4n) is 1.07. The van der Waals surface area contributed by atoms with Gasteiger partial charge in [0.15, 0.2) is 5.16 Å². The first kappa shape index (κ1) is 15.1. The van der Waals surface area contributed by atoms with Crippen LogP contribution in [0.1, 0.15) is 20.8 Å². The molecular formula is C10H17ClN2S2. The molecule has 0 heterocycles. The van der Waals surface area contributed by atoms with Crippen molar-refractivity contribution in [2.24, 2.45) is 9.98 Å². The molecule has 0 aliphatic rings. The van der Waals surface area contributed by atoms with E-state index in [2.05, 4.69) is 30.5 Å². The smallest absolute Gasteiger partial charge is 0.152 e. The fourth-order valence-corrected chi connectivity index (χ4v) is 3.56. The molecule has 5 heteroatoms. The molecule has 0 saturated carbocycles. The molecule has 1 unspecified atom stereocenters. The molecular weight excluding hydrogens is 248 g/mol. The highest BCUT2D eigenvalue weighted by atomic mass is 35.5. The Labute approximate surface area is 106 Å². The molecule has 0 aliphatic carbocycles. The number of aliphatic imine (C=N–C) groups is 2. The van der Waals surface area contributed by atoms with Crippen molar-refractivity contribution < 1.29 is 0 Å². The van der Waals surface area contributed by atoms with Crippen LogP contribution < -0.4 is 0 Å². The molecule has 86 valence electrons. The first-order valence-electron chi connectivity index (χ1n) is 4.60. The monoisotopic (exact) mass is 264 g/mol. The predicted molar refractivity (Wildman–Crippen MR) is 76.6 cm³/mol. The van der Waals surface area contributed by atoms with Crippen LogP contribution in [-0.4, -0.2) is 29.0 Å². The quantitative estimate of drug-likeness (QED) is 0.411. The largest absolute Gasteiger partial charge is 0.263 e. The van der Waals surface area contributed by atoms with E-state index in [0.717, 1.165) is 11.4 Å². The Balaban J connectivity index is 5.24. The van der Waals surface area contributed by atoms with Gasteiger partial charge in [0.05, 0.1) is 0 Å². The molecule has 0 aliphatic heterocycles. The van der Waals surface area contributed by atoms with Crippen LogP contribution in [0.5, 0.6) is 0 Å². The average molecular weight is 265 g/mol. The number of rotatable bonds is 6. The number of halogens is 1. The van der Waals surface area contributed by atoms with Crippen LogP contribution in [0.3, 0.4) is 0 Å². The lowest BCUT2D eigenvalue weighted by Gasteiger charge is -2.26. The summed E-state index contributed by atoms with van der Waals surface area (Å²) in [7, 11) is 0. The van der Waals surface area contributed by atoms with E-state index in [1.54, 1.807) is 29.7 Å². The third-order valence-electron chi connectivity index (χ3n) is 1.84. The van der Waals surface area contributed by atoms with Crippen molar-refractivity contribution >= 4 is 48.1 Å². The van der Waals surface area contributed by atoms with Crippen LogP contribution in [0.25, 0.3) is 0 Å². The zero-order chi connectivity index (χ0) is 11.9. The van der Waals surface area contributed by atoms with Gasteiger partial charge in [0.25, 0.3) is 0 Å². The zero-order valence-corrected chi connectivity index (χ0v) is 12.0. The Kier molecular flexibility index (Phi) is 7.40. The van der Waals surface area contributed by atoms with Crippen LogP contribution >= 0.6 is 35.1 Å². The summed E-state index contributed by atoms with van der Waals surface area (Å²) in [4.78, 5) is 8.06. The molecule has 0 radical (unpaired) electrons. The van der Waals surface area contributed by atoms with Crippen molar-refractivity contribution in [1.29, 1.82) is 0 Å². The molecule has 0 aromatic carbocycles. The standard InChI is InChI=1S/C10H17ClN2S2/c1-6-13-9(11)8(12-4)10(3,14-5)15-7-2/h6H,4,7H2,1-3,5H3/b9-8-,13-6-. The highest BCUT2D eigenvalue weighted by Crippen LogP contribution is 2.44. The van der Waals surface area contributed by atoms with Gasteiger partial charge in [-0.2, -0.15) is 0 Å². The zero-order valence-electron chi connectivity index (χ0n) is 9.58. The Morgan fingerprint density at radius 2 is 2.20 bits per heavy atom. The molecule has 0 aromatic heterocycles. The van der Waals surface area contributed by atoms with E-state index < -0.39 is 0 Å². The molecule has 0 N–H and O–H groups in total. The summed E-state index contributed by atoms with van der Waals surface area (Å²) in [6.45, 7) is 9.59. The van der Waals surface area contributed by atoms with Gasteiger partial charge in [0.2, 0.25) is 0 Å². The topological polar surface area (TPSA) is 24.7 Å². The lowest BCUT2D eigenvalue weighted by molar-refractivity contribution is 1.01. The highest BCUT2D eigenvalue weighted by Gasteiger charge is 2.30.